The van der Waals surface area contributed by atoms with Crippen molar-refractivity contribution in [1.29, 1.82) is 0 Å². The third kappa shape index (κ3) is 4.34. The second-order valence-electron chi connectivity index (χ2n) is 4.94. The molecule has 0 amide bonds. The molecule has 0 atom stereocenters. The van der Waals surface area contributed by atoms with Crippen LogP contribution in [0.15, 0.2) is 48.5 Å². The van der Waals surface area contributed by atoms with Gasteiger partial charge in [-0.3, -0.25) is 9.59 Å². The molecule has 0 spiro atoms. The summed E-state index contributed by atoms with van der Waals surface area (Å²) in [5.74, 6) is -1.07. The summed E-state index contributed by atoms with van der Waals surface area (Å²) < 4.78 is 0. The lowest BCUT2D eigenvalue weighted by atomic mass is 10.1. The molecule has 5 heteroatoms. The van der Waals surface area contributed by atoms with Crippen molar-refractivity contribution in [3.63, 3.8) is 0 Å². The number of hydrogen-bond donors (Lipinski definition) is 3. The van der Waals surface area contributed by atoms with Gasteiger partial charge < -0.3 is 15.7 Å². The average molecular weight is 298 g/mol. The number of hydrogen-bond acceptors (Lipinski definition) is 4. The highest BCUT2D eigenvalue weighted by atomic mass is 16.4. The standard InChI is InChI=1S/C17H18N2O3/c1-12-6-8-13(9-7-12)18-10-16(20)14-4-2-3-5-15(14)19-11-17(21)22/h2-9,18-19H,10-11H2,1H3,(H,21,22). The van der Waals surface area contributed by atoms with Crippen LogP contribution in [0.3, 0.4) is 0 Å². The van der Waals surface area contributed by atoms with Crippen molar-refractivity contribution in [3.05, 3.63) is 59.7 Å². The molecule has 0 aromatic heterocycles. The van der Waals surface area contributed by atoms with Gasteiger partial charge in [-0.05, 0) is 31.2 Å². The molecule has 0 aliphatic carbocycles. The molecule has 0 aliphatic rings. The molecule has 0 saturated carbocycles. The van der Waals surface area contributed by atoms with Gasteiger partial charge in [0.25, 0.3) is 0 Å². The second-order valence-corrected chi connectivity index (χ2v) is 4.94. The fraction of sp³-hybridized carbons (Fsp3) is 0.176. The number of carboxylic acids is 1. The lowest BCUT2D eigenvalue weighted by Gasteiger charge is -2.11. The molecule has 2 aromatic rings. The van der Waals surface area contributed by atoms with E-state index in [2.05, 4.69) is 10.6 Å². The van der Waals surface area contributed by atoms with E-state index < -0.39 is 5.97 Å². The molecule has 2 aromatic carbocycles. The first-order valence-electron chi connectivity index (χ1n) is 6.94. The Balaban J connectivity index is 2.02. The van der Waals surface area contributed by atoms with Crippen LogP contribution in [-0.4, -0.2) is 29.9 Å². The Morgan fingerprint density at radius 3 is 2.32 bits per heavy atom. The van der Waals surface area contributed by atoms with Crippen LogP contribution < -0.4 is 10.6 Å². The minimum Gasteiger partial charge on any atom is -0.480 e. The number of benzene rings is 2. The zero-order chi connectivity index (χ0) is 15.9. The van der Waals surface area contributed by atoms with Crippen LogP contribution in [-0.2, 0) is 4.79 Å². The second kappa shape index (κ2) is 7.26. The molecule has 114 valence electrons. The van der Waals surface area contributed by atoms with Crippen LogP contribution in [0.1, 0.15) is 15.9 Å². The molecule has 0 saturated heterocycles. The summed E-state index contributed by atoms with van der Waals surface area (Å²) in [7, 11) is 0. The van der Waals surface area contributed by atoms with Gasteiger partial charge in [-0.1, -0.05) is 29.8 Å². The first-order chi connectivity index (χ1) is 10.6. The van der Waals surface area contributed by atoms with Crippen molar-refractivity contribution < 1.29 is 14.7 Å². The van der Waals surface area contributed by atoms with E-state index in [0.717, 1.165) is 11.3 Å². The summed E-state index contributed by atoms with van der Waals surface area (Å²) >= 11 is 0. The van der Waals surface area contributed by atoms with Crippen molar-refractivity contribution >= 4 is 23.1 Å². The van der Waals surface area contributed by atoms with Gasteiger partial charge in [0.2, 0.25) is 0 Å². The molecule has 0 unspecified atom stereocenters. The number of para-hydroxylation sites is 1. The number of carbonyl (C=O) groups excluding carboxylic acids is 1. The Labute approximate surface area is 129 Å². The van der Waals surface area contributed by atoms with Crippen LogP contribution >= 0.6 is 0 Å². The Kier molecular flexibility index (Phi) is 5.14. The molecule has 3 N–H and O–H groups in total. The molecule has 2 rings (SSSR count). The number of nitrogens with one attached hydrogen (secondary N) is 2. The molecule has 0 fully saturated rings. The number of anilines is 2. The van der Waals surface area contributed by atoms with Crippen molar-refractivity contribution in [3.8, 4) is 0 Å². The monoisotopic (exact) mass is 298 g/mol. The number of rotatable bonds is 7. The summed E-state index contributed by atoms with van der Waals surface area (Å²) in [6, 6.07) is 14.7. The van der Waals surface area contributed by atoms with Crippen LogP contribution in [0.2, 0.25) is 0 Å². The molecule has 5 nitrogen and oxygen atoms in total. The van der Waals surface area contributed by atoms with Crippen LogP contribution in [0, 0.1) is 6.92 Å². The predicted molar refractivity (Wildman–Crippen MR) is 86.6 cm³/mol. The zero-order valence-electron chi connectivity index (χ0n) is 12.3. The highest BCUT2D eigenvalue weighted by molar-refractivity contribution is 6.03. The van der Waals surface area contributed by atoms with Gasteiger partial charge in [0.1, 0.15) is 6.54 Å². The van der Waals surface area contributed by atoms with Crippen LogP contribution in [0.5, 0.6) is 0 Å². The summed E-state index contributed by atoms with van der Waals surface area (Å²) in [6.45, 7) is 1.92. The van der Waals surface area contributed by atoms with Crippen molar-refractivity contribution in [2.75, 3.05) is 23.7 Å². The summed E-state index contributed by atoms with van der Waals surface area (Å²) in [5, 5.41) is 14.5. The number of aryl methyl sites for hydroxylation is 1. The number of aliphatic carboxylic acids is 1. The van der Waals surface area contributed by atoms with Gasteiger partial charge in [0.05, 0.1) is 6.54 Å². The smallest absolute Gasteiger partial charge is 0.322 e. The van der Waals surface area contributed by atoms with Gasteiger partial charge >= 0.3 is 5.97 Å². The number of ketones is 1. The van der Waals surface area contributed by atoms with E-state index in [1.165, 1.54) is 0 Å². The van der Waals surface area contributed by atoms with E-state index in [9.17, 15) is 9.59 Å². The molecule has 0 heterocycles. The largest absolute Gasteiger partial charge is 0.480 e. The van der Waals surface area contributed by atoms with E-state index in [-0.39, 0.29) is 18.9 Å². The molecule has 0 aliphatic heterocycles. The normalized spacial score (nSPS) is 10.0. The SMILES string of the molecule is Cc1ccc(NCC(=O)c2ccccc2NCC(=O)O)cc1. The Hall–Kier alpha value is -2.82. The topological polar surface area (TPSA) is 78.4 Å². The Bertz CT molecular complexity index is 666. The average Bonchev–Trinajstić information content (AvgIpc) is 2.52. The van der Waals surface area contributed by atoms with E-state index in [1.807, 2.05) is 31.2 Å². The van der Waals surface area contributed by atoms with Crippen LogP contribution in [0.4, 0.5) is 11.4 Å². The third-order valence-electron chi connectivity index (χ3n) is 3.16. The zero-order valence-corrected chi connectivity index (χ0v) is 12.3. The fourth-order valence-corrected chi connectivity index (χ4v) is 2.00. The summed E-state index contributed by atoms with van der Waals surface area (Å²) in [4.78, 5) is 22.9. The third-order valence-corrected chi connectivity index (χ3v) is 3.16. The summed E-state index contributed by atoms with van der Waals surface area (Å²) in [5.41, 5.74) is 3.03. The highest BCUT2D eigenvalue weighted by Gasteiger charge is 2.11. The van der Waals surface area contributed by atoms with Crippen molar-refractivity contribution in [2.45, 2.75) is 6.92 Å². The number of Topliss-reactive ketones (excluding diaryl/α,β-unsaturated/α-hetero) is 1. The first kappa shape index (κ1) is 15.6. The van der Waals surface area contributed by atoms with Gasteiger partial charge in [0, 0.05) is 16.9 Å². The Morgan fingerprint density at radius 1 is 0.955 bits per heavy atom. The summed E-state index contributed by atoms with van der Waals surface area (Å²) in [6.07, 6.45) is 0. The van der Waals surface area contributed by atoms with Gasteiger partial charge in [0.15, 0.2) is 5.78 Å². The molecule has 22 heavy (non-hydrogen) atoms. The highest BCUT2D eigenvalue weighted by Crippen LogP contribution is 2.16. The lowest BCUT2D eigenvalue weighted by Crippen LogP contribution is -2.18. The van der Waals surface area contributed by atoms with Crippen LogP contribution in [0.25, 0.3) is 0 Å². The number of carboxylic acid groups (broad SMARTS) is 1. The van der Waals surface area contributed by atoms with Crippen molar-refractivity contribution in [1.82, 2.24) is 0 Å². The minimum atomic E-state index is -0.972. The molecule has 0 bridgehead atoms. The van der Waals surface area contributed by atoms with Crippen molar-refractivity contribution in [2.24, 2.45) is 0 Å². The molecular formula is C17H18N2O3. The Morgan fingerprint density at radius 2 is 1.64 bits per heavy atom. The molecular weight excluding hydrogens is 280 g/mol. The van der Waals surface area contributed by atoms with E-state index in [1.54, 1.807) is 24.3 Å². The predicted octanol–water partition coefficient (Wildman–Crippen LogP) is 2.79. The first-order valence-corrected chi connectivity index (χ1v) is 6.94. The van der Waals surface area contributed by atoms with Gasteiger partial charge in [-0.25, -0.2) is 0 Å². The van der Waals surface area contributed by atoms with Gasteiger partial charge in [-0.15, -0.1) is 0 Å². The lowest BCUT2D eigenvalue weighted by molar-refractivity contribution is -0.134. The van der Waals surface area contributed by atoms with E-state index in [0.29, 0.717) is 11.3 Å². The maximum Gasteiger partial charge on any atom is 0.322 e. The maximum absolute atomic E-state index is 12.3. The maximum atomic E-state index is 12.3. The van der Waals surface area contributed by atoms with E-state index in [4.69, 9.17) is 5.11 Å². The van der Waals surface area contributed by atoms with E-state index >= 15 is 0 Å². The van der Waals surface area contributed by atoms with Gasteiger partial charge in [-0.2, -0.15) is 0 Å². The minimum absolute atomic E-state index is 0.103. The quantitative estimate of drug-likeness (QED) is 0.685. The number of carbonyl (C=O) groups is 2. The fourth-order valence-electron chi connectivity index (χ4n) is 2.00. The molecule has 0 radical (unpaired) electrons.